The molecule has 0 aliphatic rings. The van der Waals surface area contributed by atoms with E-state index in [9.17, 15) is 14.4 Å². The number of carbonyl (C=O) groups is 2. The highest BCUT2D eigenvalue weighted by Gasteiger charge is 2.12. The zero-order valence-electron chi connectivity index (χ0n) is 18.7. The van der Waals surface area contributed by atoms with Crippen molar-refractivity contribution >= 4 is 34.1 Å². The zero-order chi connectivity index (χ0) is 24.4. The van der Waals surface area contributed by atoms with Gasteiger partial charge in [0.1, 0.15) is 5.82 Å². The van der Waals surface area contributed by atoms with Crippen LogP contribution in [0.2, 0.25) is 0 Å². The second kappa shape index (κ2) is 9.11. The highest BCUT2D eigenvalue weighted by Crippen LogP contribution is 2.17. The minimum absolute atomic E-state index is 0.162. The lowest BCUT2D eigenvalue weighted by Crippen LogP contribution is -2.22. The lowest BCUT2D eigenvalue weighted by molar-refractivity contribution is 0.0994. The normalized spacial score (nSPS) is 10.8. The Bertz CT molecular complexity index is 1590. The van der Waals surface area contributed by atoms with Gasteiger partial charge in [0, 0.05) is 16.9 Å². The van der Waals surface area contributed by atoms with Crippen molar-refractivity contribution in [2.45, 2.75) is 6.92 Å². The summed E-state index contributed by atoms with van der Waals surface area (Å²) in [7, 11) is 0. The molecule has 5 aromatic rings. The van der Waals surface area contributed by atoms with Gasteiger partial charge in [-0.3, -0.25) is 19.0 Å². The fourth-order valence-corrected chi connectivity index (χ4v) is 3.75. The monoisotopic (exact) mass is 464 g/mol. The number of aryl methyl sites for hydroxylation is 1. The number of nitrogens with zero attached hydrogens (tertiary/aromatic N) is 2. The van der Waals surface area contributed by atoms with Crippen LogP contribution in [0.15, 0.2) is 100 Å². The van der Waals surface area contributed by atoms with Crippen molar-refractivity contribution in [3.05, 3.63) is 119 Å². The summed E-state index contributed by atoms with van der Waals surface area (Å²) >= 11 is 0. The summed E-state index contributed by atoms with van der Waals surface area (Å²) < 4.78 is 6.60. The number of benzene rings is 3. The first-order chi connectivity index (χ1) is 17.0. The molecular weight excluding hydrogens is 444 g/mol. The summed E-state index contributed by atoms with van der Waals surface area (Å²) in [6.07, 6.45) is 1.43. The van der Waals surface area contributed by atoms with Crippen molar-refractivity contribution in [2.24, 2.45) is 0 Å². The highest BCUT2D eigenvalue weighted by atomic mass is 16.3. The number of hydrogen-bond acceptors (Lipinski definition) is 5. The second-order valence-corrected chi connectivity index (χ2v) is 7.83. The fourth-order valence-electron chi connectivity index (χ4n) is 3.75. The van der Waals surface area contributed by atoms with Crippen molar-refractivity contribution in [1.82, 2.24) is 9.55 Å². The second-order valence-electron chi connectivity index (χ2n) is 7.83. The average Bonchev–Trinajstić information content (AvgIpc) is 3.41. The van der Waals surface area contributed by atoms with Crippen LogP contribution in [0, 0.1) is 6.92 Å². The Morgan fingerprint density at radius 3 is 2.11 bits per heavy atom. The largest absolute Gasteiger partial charge is 0.459 e. The van der Waals surface area contributed by atoms with E-state index in [0.717, 1.165) is 0 Å². The van der Waals surface area contributed by atoms with E-state index >= 15 is 0 Å². The zero-order valence-corrected chi connectivity index (χ0v) is 18.7. The van der Waals surface area contributed by atoms with Gasteiger partial charge in [0.05, 0.1) is 22.9 Å². The maximum Gasteiger partial charge on any atom is 0.291 e. The first-order valence-electron chi connectivity index (χ1n) is 10.8. The predicted molar refractivity (Wildman–Crippen MR) is 133 cm³/mol. The molecule has 0 atom stereocenters. The number of amides is 2. The minimum Gasteiger partial charge on any atom is -0.459 e. The Balaban J connectivity index is 1.30. The molecule has 2 aromatic heterocycles. The number of para-hydroxylation sites is 1. The molecule has 0 saturated carbocycles. The maximum absolute atomic E-state index is 13.0. The Kier molecular flexibility index (Phi) is 5.68. The summed E-state index contributed by atoms with van der Waals surface area (Å²) in [6, 6.07) is 23.9. The van der Waals surface area contributed by atoms with Gasteiger partial charge in [-0.25, -0.2) is 4.98 Å². The van der Waals surface area contributed by atoms with Gasteiger partial charge in [-0.1, -0.05) is 12.1 Å². The summed E-state index contributed by atoms with van der Waals surface area (Å²) in [5, 5.41) is 6.07. The van der Waals surface area contributed by atoms with Crippen molar-refractivity contribution in [2.75, 3.05) is 10.6 Å². The van der Waals surface area contributed by atoms with Crippen LogP contribution in [0.1, 0.15) is 26.7 Å². The number of aromatic nitrogens is 2. The van der Waals surface area contributed by atoms with E-state index in [2.05, 4.69) is 15.6 Å². The molecule has 2 N–H and O–H groups in total. The van der Waals surface area contributed by atoms with E-state index in [1.807, 2.05) is 6.07 Å². The van der Waals surface area contributed by atoms with E-state index in [-0.39, 0.29) is 23.1 Å². The molecule has 0 fully saturated rings. The molecule has 0 unspecified atom stereocenters. The van der Waals surface area contributed by atoms with Crippen LogP contribution in [0.25, 0.3) is 16.6 Å². The summed E-state index contributed by atoms with van der Waals surface area (Å²) in [5.74, 6) is 0.111. The first-order valence-corrected chi connectivity index (χ1v) is 10.8. The topological polar surface area (TPSA) is 106 Å². The Morgan fingerprint density at radius 1 is 0.800 bits per heavy atom. The molecule has 8 nitrogen and oxygen atoms in total. The van der Waals surface area contributed by atoms with Crippen LogP contribution in [-0.2, 0) is 0 Å². The Labute approximate surface area is 199 Å². The molecule has 3 aromatic carbocycles. The standard InChI is InChI=1S/C27H20N4O4/c1-17-28-23-6-3-2-5-22(23)27(34)31(17)21-14-8-18(9-15-21)25(32)29-19-10-12-20(13-11-19)30-26(33)24-7-4-16-35-24/h2-16H,1H3,(H,29,32)(H,30,33). The fraction of sp³-hybridized carbons (Fsp3) is 0.0370. The molecule has 172 valence electrons. The van der Waals surface area contributed by atoms with E-state index in [1.54, 1.807) is 85.8 Å². The van der Waals surface area contributed by atoms with E-state index in [1.165, 1.54) is 10.8 Å². The van der Waals surface area contributed by atoms with Crippen molar-refractivity contribution in [3.63, 3.8) is 0 Å². The third-order valence-corrected chi connectivity index (χ3v) is 5.48. The van der Waals surface area contributed by atoms with Gasteiger partial charge >= 0.3 is 0 Å². The molecule has 2 amide bonds. The molecule has 35 heavy (non-hydrogen) atoms. The number of carbonyl (C=O) groups excluding carboxylic acids is 2. The van der Waals surface area contributed by atoms with Gasteiger partial charge in [0.2, 0.25) is 0 Å². The SMILES string of the molecule is Cc1nc2ccccc2c(=O)n1-c1ccc(C(=O)Nc2ccc(NC(=O)c3ccco3)cc2)cc1. The number of hydrogen-bond donors (Lipinski definition) is 2. The van der Waals surface area contributed by atoms with Crippen LogP contribution >= 0.6 is 0 Å². The lowest BCUT2D eigenvalue weighted by atomic mass is 10.1. The Hall–Kier alpha value is -4.98. The molecule has 0 saturated heterocycles. The Morgan fingerprint density at radius 2 is 1.46 bits per heavy atom. The number of anilines is 2. The molecule has 2 heterocycles. The van der Waals surface area contributed by atoms with Gasteiger partial charge in [-0.05, 0) is 79.7 Å². The quantitative estimate of drug-likeness (QED) is 0.389. The molecule has 8 heteroatoms. The molecule has 0 radical (unpaired) electrons. The number of fused-ring (bicyclic) bond motifs is 1. The smallest absolute Gasteiger partial charge is 0.291 e. The first kappa shape index (κ1) is 21.8. The van der Waals surface area contributed by atoms with Crippen LogP contribution in [0.3, 0.4) is 0 Å². The predicted octanol–water partition coefficient (Wildman–Crippen LogP) is 4.79. The molecule has 0 aliphatic heterocycles. The summed E-state index contributed by atoms with van der Waals surface area (Å²) in [4.78, 5) is 42.3. The van der Waals surface area contributed by atoms with Gasteiger partial charge in [0.25, 0.3) is 17.4 Å². The van der Waals surface area contributed by atoms with Crippen molar-refractivity contribution < 1.29 is 14.0 Å². The maximum atomic E-state index is 13.0. The number of nitrogens with one attached hydrogen (secondary N) is 2. The third kappa shape index (κ3) is 4.45. The minimum atomic E-state index is -0.358. The molecule has 0 spiro atoms. The van der Waals surface area contributed by atoms with Gasteiger partial charge in [0.15, 0.2) is 5.76 Å². The third-order valence-electron chi connectivity index (χ3n) is 5.48. The highest BCUT2D eigenvalue weighted by molar-refractivity contribution is 6.05. The molecular formula is C27H20N4O4. The number of rotatable bonds is 5. The van der Waals surface area contributed by atoms with Crippen molar-refractivity contribution in [1.29, 1.82) is 0 Å². The lowest BCUT2D eigenvalue weighted by Gasteiger charge is -2.12. The van der Waals surface area contributed by atoms with Gasteiger partial charge < -0.3 is 15.1 Å². The van der Waals surface area contributed by atoms with Gasteiger partial charge in [-0.15, -0.1) is 0 Å². The van der Waals surface area contributed by atoms with E-state index < -0.39 is 0 Å². The molecule has 0 aliphatic carbocycles. The summed E-state index contributed by atoms with van der Waals surface area (Å²) in [6.45, 7) is 1.77. The summed E-state index contributed by atoms with van der Waals surface area (Å²) in [5.41, 5.74) is 2.68. The van der Waals surface area contributed by atoms with E-state index in [0.29, 0.717) is 39.4 Å². The number of furan rings is 1. The van der Waals surface area contributed by atoms with Crippen molar-refractivity contribution in [3.8, 4) is 5.69 Å². The van der Waals surface area contributed by atoms with E-state index in [4.69, 9.17) is 4.42 Å². The molecule has 5 rings (SSSR count). The molecule has 0 bridgehead atoms. The average molecular weight is 464 g/mol. The van der Waals surface area contributed by atoms with Crippen LogP contribution in [0.4, 0.5) is 11.4 Å². The van der Waals surface area contributed by atoms with Crippen LogP contribution in [-0.4, -0.2) is 21.4 Å². The van der Waals surface area contributed by atoms with Crippen LogP contribution < -0.4 is 16.2 Å². The van der Waals surface area contributed by atoms with Gasteiger partial charge in [-0.2, -0.15) is 0 Å². The van der Waals surface area contributed by atoms with Crippen LogP contribution in [0.5, 0.6) is 0 Å².